The van der Waals surface area contributed by atoms with Crippen molar-refractivity contribution in [1.82, 2.24) is 20.2 Å². The normalized spacial score (nSPS) is 12.1. The Morgan fingerprint density at radius 2 is 1.88 bits per heavy atom. The highest BCUT2D eigenvalue weighted by atomic mass is 32.2. The Morgan fingerprint density at radius 1 is 1.12 bits per heavy atom. The maximum Gasteiger partial charge on any atom is 0.210 e. The summed E-state index contributed by atoms with van der Waals surface area (Å²) in [5.74, 6) is 0.0855. The fourth-order valence-corrected chi connectivity index (χ4v) is 3.34. The molecule has 0 saturated heterocycles. The molecule has 0 fully saturated rings. The molecule has 0 aliphatic carbocycles. The minimum atomic E-state index is -0.261. The second-order valence-electron chi connectivity index (χ2n) is 6.03. The number of tetrazole rings is 1. The van der Waals surface area contributed by atoms with Crippen molar-refractivity contribution >= 4 is 17.5 Å². The number of thioether (sulfide) groups is 1. The Bertz CT molecular complexity index is 876. The minimum absolute atomic E-state index is 0.0855. The van der Waals surface area contributed by atoms with Gasteiger partial charge in [-0.15, -0.1) is 5.10 Å². The lowest BCUT2D eigenvalue weighted by Crippen LogP contribution is -2.15. The van der Waals surface area contributed by atoms with Gasteiger partial charge in [0.05, 0.1) is 11.8 Å². The van der Waals surface area contributed by atoms with E-state index >= 15 is 0 Å². The summed E-state index contributed by atoms with van der Waals surface area (Å²) in [4.78, 5) is 12.7. The zero-order valence-corrected chi connectivity index (χ0v) is 15.3. The zero-order chi connectivity index (χ0) is 17.8. The lowest BCUT2D eigenvalue weighted by Gasteiger charge is -2.11. The Balaban J connectivity index is 1.73. The van der Waals surface area contributed by atoms with Crippen LogP contribution < -0.4 is 0 Å². The van der Waals surface area contributed by atoms with Crippen LogP contribution >= 0.6 is 11.8 Å². The van der Waals surface area contributed by atoms with E-state index in [1.807, 2.05) is 69.3 Å². The molecule has 0 radical (unpaired) electrons. The first kappa shape index (κ1) is 17.4. The van der Waals surface area contributed by atoms with Crippen molar-refractivity contribution in [3.05, 3.63) is 70.8 Å². The van der Waals surface area contributed by atoms with Gasteiger partial charge in [-0.3, -0.25) is 4.79 Å². The monoisotopic (exact) mass is 352 g/mol. The molecule has 128 valence electrons. The summed E-state index contributed by atoms with van der Waals surface area (Å²) in [6.45, 7) is 6.54. The first-order valence-corrected chi connectivity index (χ1v) is 9.01. The van der Waals surface area contributed by atoms with Crippen molar-refractivity contribution in [3.63, 3.8) is 0 Å². The Kier molecular flexibility index (Phi) is 5.28. The average molecular weight is 352 g/mol. The van der Waals surface area contributed by atoms with E-state index in [-0.39, 0.29) is 11.0 Å². The number of ketones is 1. The summed E-state index contributed by atoms with van der Waals surface area (Å²) >= 11 is 1.39. The quantitative estimate of drug-likeness (QED) is 0.500. The second-order valence-corrected chi connectivity index (χ2v) is 7.34. The fourth-order valence-electron chi connectivity index (χ4n) is 2.48. The van der Waals surface area contributed by atoms with E-state index in [1.54, 1.807) is 4.68 Å². The molecule has 3 rings (SSSR count). The summed E-state index contributed by atoms with van der Waals surface area (Å²) in [7, 11) is 0. The standard InChI is InChI=1S/C19H20N4OS/c1-13-9-10-17(11-14(13)2)18(24)15(3)25-19-20-21-22-23(19)12-16-7-5-4-6-8-16/h4-11,15H,12H2,1-3H3. The number of Topliss-reactive ketones (excluding diaryl/α,β-unsaturated/α-hetero) is 1. The van der Waals surface area contributed by atoms with Crippen LogP contribution in [0.4, 0.5) is 0 Å². The lowest BCUT2D eigenvalue weighted by atomic mass is 10.0. The van der Waals surface area contributed by atoms with E-state index in [2.05, 4.69) is 15.5 Å². The topological polar surface area (TPSA) is 60.7 Å². The molecule has 1 aromatic heterocycles. The van der Waals surface area contributed by atoms with Crippen molar-refractivity contribution in [1.29, 1.82) is 0 Å². The first-order valence-electron chi connectivity index (χ1n) is 8.13. The highest BCUT2D eigenvalue weighted by Gasteiger charge is 2.20. The van der Waals surface area contributed by atoms with Crippen LogP contribution in [0.25, 0.3) is 0 Å². The number of hydrogen-bond acceptors (Lipinski definition) is 5. The number of aryl methyl sites for hydroxylation is 2. The van der Waals surface area contributed by atoms with E-state index in [9.17, 15) is 4.79 Å². The summed E-state index contributed by atoms with van der Waals surface area (Å²) in [6.07, 6.45) is 0. The number of benzene rings is 2. The van der Waals surface area contributed by atoms with E-state index in [4.69, 9.17) is 0 Å². The number of nitrogens with zero attached hydrogens (tertiary/aromatic N) is 4. The molecule has 0 aliphatic rings. The Hall–Kier alpha value is -2.47. The van der Waals surface area contributed by atoms with Crippen LogP contribution in [0.15, 0.2) is 53.7 Å². The molecule has 0 N–H and O–H groups in total. The molecule has 0 saturated carbocycles. The molecular formula is C19H20N4OS. The largest absolute Gasteiger partial charge is 0.293 e. The van der Waals surface area contributed by atoms with E-state index in [0.29, 0.717) is 11.7 Å². The van der Waals surface area contributed by atoms with Crippen LogP contribution in [0.1, 0.15) is 34.0 Å². The van der Waals surface area contributed by atoms with E-state index in [0.717, 1.165) is 16.7 Å². The van der Waals surface area contributed by atoms with E-state index < -0.39 is 0 Å². The van der Waals surface area contributed by atoms with Gasteiger partial charge in [-0.2, -0.15) is 0 Å². The molecule has 1 atom stereocenters. The third-order valence-corrected chi connectivity index (χ3v) is 5.19. The van der Waals surface area contributed by atoms with E-state index in [1.165, 1.54) is 17.3 Å². The molecule has 5 nitrogen and oxygen atoms in total. The van der Waals surface area contributed by atoms with Gasteiger partial charge < -0.3 is 0 Å². The van der Waals surface area contributed by atoms with Crippen molar-refractivity contribution in [2.45, 2.75) is 37.7 Å². The van der Waals surface area contributed by atoms with Gasteiger partial charge in [0, 0.05) is 5.56 Å². The fraction of sp³-hybridized carbons (Fsp3) is 0.263. The SMILES string of the molecule is Cc1ccc(C(=O)C(C)Sc2nnnn2Cc2ccccc2)cc1C. The smallest absolute Gasteiger partial charge is 0.210 e. The molecular weight excluding hydrogens is 332 g/mol. The maximum absolute atomic E-state index is 12.7. The minimum Gasteiger partial charge on any atom is -0.293 e. The van der Waals surface area contributed by atoms with Crippen molar-refractivity contribution in [2.24, 2.45) is 0 Å². The van der Waals surface area contributed by atoms with Crippen molar-refractivity contribution in [2.75, 3.05) is 0 Å². The van der Waals surface area contributed by atoms with Crippen LogP contribution in [-0.2, 0) is 6.54 Å². The third-order valence-electron chi connectivity index (χ3n) is 4.12. The molecule has 0 amide bonds. The summed E-state index contributed by atoms with van der Waals surface area (Å²) in [5, 5.41) is 12.3. The molecule has 0 aliphatic heterocycles. The molecule has 2 aromatic carbocycles. The summed E-state index contributed by atoms with van der Waals surface area (Å²) in [6, 6.07) is 15.8. The molecule has 0 bridgehead atoms. The first-order chi connectivity index (χ1) is 12.0. The van der Waals surface area contributed by atoms with Gasteiger partial charge in [0.25, 0.3) is 0 Å². The number of rotatable bonds is 6. The Morgan fingerprint density at radius 3 is 2.60 bits per heavy atom. The van der Waals surface area contributed by atoms with Gasteiger partial charge in [-0.1, -0.05) is 54.2 Å². The van der Waals surface area contributed by atoms with Gasteiger partial charge in [-0.05, 0) is 54.0 Å². The zero-order valence-electron chi connectivity index (χ0n) is 14.5. The lowest BCUT2D eigenvalue weighted by molar-refractivity contribution is 0.0993. The molecule has 0 spiro atoms. The molecule has 6 heteroatoms. The van der Waals surface area contributed by atoms with Crippen LogP contribution in [0, 0.1) is 13.8 Å². The highest BCUT2D eigenvalue weighted by Crippen LogP contribution is 2.24. The van der Waals surface area contributed by atoms with Gasteiger partial charge in [0.15, 0.2) is 5.78 Å². The highest BCUT2D eigenvalue weighted by molar-refractivity contribution is 8.00. The third kappa shape index (κ3) is 4.14. The van der Waals surface area contributed by atoms with Crippen LogP contribution in [0.2, 0.25) is 0 Å². The molecule has 1 unspecified atom stereocenters. The van der Waals surface area contributed by atoms with Gasteiger partial charge >= 0.3 is 0 Å². The molecule has 1 heterocycles. The number of carbonyl (C=O) groups is 1. The molecule has 25 heavy (non-hydrogen) atoms. The maximum atomic E-state index is 12.7. The Labute approximate surface area is 151 Å². The number of carbonyl (C=O) groups excluding carboxylic acids is 1. The van der Waals surface area contributed by atoms with Crippen molar-refractivity contribution in [3.8, 4) is 0 Å². The summed E-state index contributed by atoms with van der Waals surface area (Å²) in [5.41, 5.74) is 4.15. The average Bonchev–Trinajstić information content (AvgIpc) is 3.04. The van der Waals surface area contributed by atoms with Gasteiger partial charge in [0.2, 0.25) is 5.16 Å². The number of aromatic nitrogens is 4. The van der Waals surface area contributed by atoms with Crippen LogP contribution in [-0.4, -0.2) is 31.2 Å². The van der Waals surface area contributed by atoms with Gasteiger partial charge in [-0.25, -0.2) is 4.68 Å². The number of hydrogen-bond donors (Lipinski definition) is 0. The molecule has 3 aromatic rings. The van der Waals surface area contributed by atoms with Crippen LogP contribution in [0.3, 0.4) is 0 Å². The van der Waals surface area contributed by atoms with Crippen molar-refractivity contribution < 1.29 is 4.79 Å². The van der Waals surface area contributed by atoms with Gasteiger partial charge in [0.1, 0.15) is 0 Å². The predicted octanol–water partition coefficient (Wildman–Crippen LogP) is 3.70. The summed E-state index contributed by atoms with van der Waals surface area (Å²) < 4.78 is 1.73. The predicted molar refractivity (Wildman–Crippen MR) is 98.9 cm³/mol. The second kappa shape index (κ2) is 7.61. The van der Waals surface area contributed by atoms with Crippen LogP contribution in [0.5, 0.6) is 0 Å².